The molecule has 1 fully saturated rings. The third-order valence-electron chi connectivity index (χ3n) is 3.96. The van der Waals surface area contributed by atoms with E-state index in [1.54, 1.807) is 12.1 Å². The number of fused-ring (bicyclic) bond motifs is 1. The fourth-order valence-corrected chi connectivity index (χ4v) is 3.05. The van der Waals surface area contributed by atoms with Crippen molar-refractivity contribution in [2.75, 3.05) is 19.6 Å². The largest absolute Gasteiger partial charge is 0.488 e. The maximum atomic E-state index is 13.1. The highest BCUT2D eigenvalue weighted by Gasteiger charge is 2.27. The lowest BCUT2D eigenvalue weighted by atomic mass is 9.99. The van der Waals surface area contributed by atoms with Gasteiger partial charge in [-0.05, 0) is 37.6 Å². The van der Waals surface area contributed by atoms with Gasteiger partial charge in [0.05, 0.1) is 0 Å². The normalized spacial score (nSPS) is 26.8. The van der Waals surface area contributed by atoms with Crippen molar-refractivity contribution in [3.05, 3.63) is 29.6 Å². The molecule has 2 aliphatic heterocycles. The number of ether oxygens (including phenoxy) is 1. The van der Waals surface area contributed by atoms with Gasteiger partial charge in [0.2, 0.25) is 0 Å². The molecule has 0 N–H and O–H groups in total. The minimum atomic E-state index is -0.206. The van der Waals surface area contributed by atoms with Crippen LogP contribution in [0.4, 0.5) is 4.39 Å². The van der Waals surface area contributed by atoms with Gasteiger partial charge in [0.25, 0.3) is 0 Å². The molecule has 0 amide bonds. The second-order valence-electron chi connectivity index (χ2n) is 5.49. The van der Waals surface area contributed by atoms with E-state index in [2.05, 4.69) is 4.90 Å². The van der Waals surface area contributed by atoms with Crippen molar-refractivity contribution in [2.24, 2.45) is 5.92 Å². The van der Waals surface area contributed by atoms with Crippen LogP contribution in [0.15, 0.2) is 18.2 Å². The molecule has 0 spiro atoms. The van der Waals surface area contributed by atoms with Crippen molar-refractivity contribution in [3.8, 4) is 5.75 Å². The summed E-state index contributed by atoms with van der Waals surface area (Å²) >= 11 is 0. The van der Waals surface area contributed by atoms with E-state index in [1.807, 2.05) is 0 Å². The van der Waals surface area contributed by atoms with Crippen molar-refractivity contribution in [1.29, 1.82) is 0 Å². The summed E-state index contributed by atoms with van der Waals surface area (Å²) in [7, 11) is 0. The van der Waals surface area contributed by atoms with E-state index in [0.29, 0.717) is 0 Å². The molecule has 3 nitrogen and oxygen atoms in total. The van der Waals surface area contributed by atoms with Crippen LogP contribution < -0.4 is 4.74 Å². The molecular formula is C15H18FNO2. The molecule has 2 heterocycles. The second-order valence-corrected chi connectivity index (χ2v) is 5.49. The lowest BCUT2D eigenvalue weighted by molar-refractivity contribution is -0.112. The molecule has 102 valence electrons. The van der Waals surface area contributed by atoms with Gasteiger partial charge in [-0.25, -0.2) is 4.39 Å². The van der Waals surface area contributed by atoms with Crippen LogP contribution in [0.25, 0.3) is 0 Å². The number of piperidine rings is 1. The Hall–Kier alpha value is -1.42. The number of hydrogen-bond acceptors (Lipinski definition) is 3. The Morgan fingerprint density at radius 2 is 2.37 bits per heavy atom. The van der Waals surface area contributed by atoms with E-state index >= 15 is 0 Å². The van der Waals surface area contributed by atoms with E-state index in [-0.39, 0.29) is 17.8 Å². The number of carbonyl (C=O) groups excluding carboxylic acids is 1. The predicted octanol–water partition coefficient (Wildman–Crippen LogP) is 2.04. The summed E-state index contributed by atoms with van der Waals surface area (Å²) in [6, 6.07) is 4.69. The molecular weight excluding hydrogens is 245 g/mol. The van der Waals surface area contributed by atoms with Gasteiger partial charge in [0.15, 0.2) is 0 Å². The second kappa shape index (κ2) is 5.29. The molecule has 1 aromatic carbocycles. The first-order chi connectivity index (χ1) is 9.24. The van der Waals surface area contributed by atoms with Crippen LogP contribution in [-0.4, -0.2) is 36.9 Å². The van der Waals surface area contributed by atoms with Gasteiger partial charge in [-0.2, -0.15) is 0 Å². The van der Waals surface area contributed by atoms with Crippen LogP contribution in [0, 0.1) is 11.7 Å². The standard InChI is InChI=1S/C15H18FNO2/c16-13-3-4-15-12(6-13)7-14(19-15)9-17-5-1-2-11(8-17)10-18/h3-4,6,10-11,14H,1-2,5,7-9H2. The summed E-state index contributed by atoms with van der Waals surface area (Å²) in [4.78, 5) is 13.1. The van der Waals surface area contributed by atoms with E-state index < -0.39 is 0 Å². The Labute approximate surface area is 112 Å². The fourth-order valence-electron chi connectivity index (χ4n) is 3.05. The van der Waals surface area contributed by atoms with Gasteiger partial charge >= 0.3 is 0 Å². The predicted molar refractivity (Wildman–Crippen MR) is 69.7 cm³/mol. The van der Waals surface area contributed by atoms with Crippen LogP contribution >= 0.6 is 0 Å². The monoisotopic (exact) mass is 263 g/mol. The maximum absolute atomic E-state index is 13.1. The summed E-state index contributed by atoms with van der Waals surface area (Å²) in [5.74, 6) is 0.757. The Bertz CT molecular complexity index is 477. The first kappa shape index (κ1) is 12.6. The van der Waals surface area contributed by atoms with Gasteiger partial charge in [0, 0.05) is 31.0 Å². The molecule has 2 atom stereocenters. The zero-order valence-electron chi connectivity index (χ0n) is 10.8. The average molecular weight is 263 g/mol. The van der Waals surface area contributed by atoms with Crippen molar-refractivity contribution >= 4 is 6.29 Å². The van der Waals surface area contributed by atoms with Crippen molar-refractivity contribution < 1.29 is 13.9 Å². The first-order valence-electron chi connectivity index (χ1n) is 6.87. The van der Waals surface area contributed by atoms with E-state index in [0.717, 1.165) is 56.5 Å². The van der Waals surface area contributed by atoms with E-state index in [4.69, 9.17) is 4.74 Å². The molecule has 0 aliphatic carbocycles. The minimum Gasteiger partial charge on any atom is -0.488 e. The number of hydrogen-bond donors (Lipinski definition) is 0. The molecule has 3 rings (SSSR count). The highest BCUT2D eigenvalue weighted by molar-refractivity contribution is 5.53. The van der Waals surface area contributed by atoms with Gasteiger partial charge in [-0.3, -0.25) is 4.90 Å². The lowest BCUT2D eigenvalue weighted by Crippen LogP contribution is -2.41. The molecule has 2 aliphatic rings. The van der Waals surface area contributed by atoms with Crippen molar-refractivity contribution in [1.82, 2.24) is 4.90 Å². The molecule has 2 unspecified atom stereocenters. The number of halogens is 1. The topological polar surface area (TPSA) is 29.5 Å². The van der Waals surface area contributed by atoms with Crippen LogP contribution in [0.1, 0.15) is 18.4 Å². The summed E-state index contributed by atoms with van der Waals surface area (Å²) in [5.41, 5.74) is 0.953. The molecule has 19 heavy (non-hydrogen) atoms. The number of carbonyl (C=O) groups is 1. The number of benzene rings is 1. The van der Waals surface area contributed by atoms with Crippen LogP contribution in [0.3, 0.4) is 0 Å². The summed E-state index contributed by atoms with van der Waals surface area (Å²) in [5, 5.41) is 0. The van der Waals surface area contributed by atoms with E-state index in [9.17, 15) is 9.18 Å². The third kappa shape index (κ3) is 2.78. The van der Waals surface area contributed by atoms with E-state index in [1.165, 1.54) is 6.07 Å². The SMILES string of the molecule is O=CC1CCCN(CC2Cc3cc(F)ccc3O2)C1. The maximum Gasteiger partial charge on any atom is 0.124 e. The zero-order chi connectivity index (χ0) is 13.2. The number of nitrogens with zero attached hydrogens (tertiary/aromatic N) is 1. The quantitative estimate of drug-likeness (QED) is 0.782. The Morgan fingerprint density at radius 3 is 3.21 bits per heavy atom. The Balaban J connectivity index is 1.59. The van der Waals surface area contributed by atoms with Crippen LogP contribution in [0.5, 0.6) is 5.75 Å². The molecule has 4 heteroatoms. The number of aldehydes is 1. The van der Waals surface area contributed by atoms with Gasteiger partial charge in [0.1, 0.15) is 24.0 Å². The van der Waals surface area contributed by atoms with Crippen molar-refractivity contribution in [2.45, 2.75) is 25.4 Å². The molecule has 0 aromatic heterocycles. The van der Waals surface area contributed by atoms with Crippen molar-refractivity contribution in [3.63, 3.8) is 0 Å². The molecule has 1 saturated heterocycles. The fraction of sp³-hybridized carbons (Fsp3) is 0.533. The average Bonchev–Trinajstić information content (AvgIpc) is 2.80. The van der Waals surface area contributed by atoms with Gasteiger partial charge in [-0.1, -0.05) is 0 Å². The Kier molecular flexibility index (Phi) is 3.51. The first-order valence-corrected chi connectivity index (χ1v) is 6.87. The van der Waals surface area contributed by atoms with Crippen LogP contribution in [0.2, 0.25) is 0 Å². The van der Waals surface area contributed by atoms with Crippen LogP contribution in [-0.2, 0) is 11.2 Å². The third-order valence-corrected chi connectivity index (χ3v) is 3.96. The summed E-state index contributed by atoms with van der Waals surface area (Å²) in [6.45, 7) is 2.67. The highest BCUT2D eigenvalue weighted by atomic mass is 19.1. The number of rotatable bonds is 3. The minimum absolute atomic E-state index is 0.0854. The molecule has 0 saturated carbocycles. The summed E-state index contributed by atoms with van der Waals surface area (Å²) < 4.78 is 19.0. The highest BCUT2D eigenvalue weighted by Crippen LogP contribution is 2.30. The smallest absolute Gasteiger partial charge is 0.124 e. The molecule has 1 aromatic rings. The summed E-state index contributed by atoms with van der Waals surface area (Å²) in [6.07, 6.45) is 3.97. The van der Waals surface area contributed by atoms with Gasteiger partial charge in [-0.15, -0.1) is 0 Å². The Morgan fingerprint density at radius 1 is 1.47 bits per heavy atom. The molecule has 0 bridgehead atoms. The van der Waals surface area contributed by atoms with Gasteiger partial charge < -0.3 is 9.53 Å². The molecule has 0 radical (unpaired) electrons. The number of likely N-dealkylation sites (tertiary alicyclic amines) is 1. The lowest BCUT2D eigenvalue weighted by Gasteiger charge is -2.31. The zero-order valence-corrected chi connectivity index (χ0v) is 10.8.